The van der Waals surface area contributed by atoms with Crippen LogP contribution in [-0.2, 0) is 6.42 Å². The van der Waals surface area contributed by atoms with Gasteiger partial charge in [-0.2, -0.15) is 0 Å². The highest BCUT2D eigenvalue weighted by Gasteiger charge is 2.25. The Morgan fingerprint density at radius 1 is 1.27 bits per heavy atom. The third-order valence-electron chi connectivity index (χ3n) is 5.17. The van der Waals surface area contributed by atoms with E-state index in [-0.39, 0.29) is 0 Å². The van der Waals surface area contributed by atoms with Crippen LogP contribution < -0.4 is 25.0 Å². The first kappa shape index (κ1) is 22.0. The Morgan fingerprint density at radius 2 is 2.10 bits per heavy atom. The molecule has 1 aliphatic heterocycles. The highest BCUT2D eigenvalue weighted by atomic mass is 35.5. The van der Waals surface area contributed by atoms with Crippen molar-refractivity contribution in [3.63, 3.8) is 0 Å². The minimum Gasteiger partial charge on any atom is -0.493 e. The average Bonchev–Trinajstić information content (AvgIpc) is 3.24. The van der Waals surface area contributed by atoms with Gasteiger partial charge in [0, 0.05) is 38.9 Å². The van der Waals surface area contributed by atoms with Gasteiger partial charge in [-0.25, -0.2) is 4.98 Å². The van der Waals surface area contributed by atoms with Gasteiger partial charge in [0.2, 0.25) is 0 Å². The summed E-state index contributed by atoms with van der Waals surface area (Å²) in [5, 5.41) is 7.60. The van der Waals surface area contributed by atoms with Gasteiger partial charge in [0.1, 0.15) is 5.82 Å². The molecule has 2 N–H and O–H groups in total. The Labute approximate surface area is 183 Å². The summed E-state index contributed by atoms with van der Waals surface area (Å²) in [4.78, 5) is 11.0. The van der Waals surface area contributed by atoms with Gasteiger partial charge in [0.05, 0.1) is 19.2 Å². The molecule has 0 spiro atoms. The number of nitrogens with one attached hydrogen (secondary N) is 2. The van der Waals surface area contributed by atoms with Crippen molar-refractivity contribution in [2.75, 3.05) is 45.8 Å². The standard InChI is InChI=1S/C22H30ClN5O2/c1-24-22(26-12-4-6-16-8-9-19(29-2)20(14-16)30-3)27-17-10-13-28(15-17)21-18(23)7-5-11-25-21/h5,7-9,11,14,17H,4,6,10,12-13,15H2,1-3H3,(H2,24,26,27). The number of halogens is 1. The summed E-state index contributed by atoms with van der Waals surface area (Å²) in [6.45, 7) is 2.60. The molecule has 0 amide bonds. The van der Waals surface area contributed by atoms with Gasteiger partial charge >= 0.3 is 0 Å². The van der Waals surface area contributed by atoms with Gasteiger partial charge in [-0.3, -0.25) is 4.99 Å². The van der Waals surface area contributed by atoms with Crippen LogP contribution in [0.2, 0.25) is 5.02 Å². The fourth-order valence-electron chi connectivity index (χ4n) is 3.60. The number of ether oxygens (including phenoxy) is 2. The Kier molecular flexibility index (Phi) is 8.02. The molecular weight excluding hydrogens is 402 g/mol. The number of aromatic nitrogens is 1. The minimum atomic E-state index is 0.306. The highest BCUT2D eigenvalue weighted by molar-refractivity contribution is 6.32. The molecule has 1 unspecified atom stereocenters. The Bertz CT molecular complexity index is 861. The topological polar surface area (TPSA) is 71.0 Å². The van der Waals surface area contributed by atoms with Gasteiger partial charge in [0.25, 0.3) is 0 Å². The van der Waals surface area contributed by atoms with Gasteiger partial charge in [-0.15, -0.1) is 0 Å². The monoisotopic (exact) mass is 431 g/mol. The van der Waals surface area contributed by atoms with Crippen molar-refractivity contribution in [2.24, 2.45) is 4.99 Å². The van der Waals surface area contributed by atoms with Gasteiger partial charge in [0.15, 0.2) is 17.5 Å². The molecule has 8 heteroatoms. The molecule has 1 aromatic heterocycles. The minimum absolute atomic E-state index is 0.306. The van der Waals surface area contributed by atoms with E-state index in [9.17, 15) is 0 Å². The third kappa shape index (κ3) is 5.69. The van der Waals surface area contributed by atoms with E-state index in [1.54, 1.807) is 27.5 Å². The number of pyridine rings is 1. The molecule has 0 saturated carbocycles. The van der Waals surface area contributed by atoms with E-state index in [2.05, 4.69) is 31.6 Å². The third-order valence-corrected chi connectivity index (χ3v) is 5.47. The lowest BCUT2D eigenvalue weighted by atomic mass is 10.1. The molecule has 3 rings (SSSR count). The van der Waals surface area contributed by atoms with Crippen LogP contribution >= 0.6 is 11.6 Å². The molecule has 0 aliphatic carbocycles. The van der Waals surface area contributed by atoms with E-state index < -0.39 is 0 Å². The Morgan fingerprint density at radius 3 is 2.83 bits per heavy atom. The number of aliphatic imine (C=N–C) groups is 1. The maximum Gasteiger partial charge on any atom is 0.191 e. The number of hydrogen-bond acceptors (Lipinski definition) is 5. The second kappa shape index (κ2) is 10.9. The molecule has 2 aromatic rings. The number of anilines is 1. The van der Waals surface area contributed by atoms with Crippen molar-refractivity contribution in [1.82, 2.24) is 15.6 Å². The maximum atomic E-state index is 6.28. The summed E-state index contributed by atoms with van der Waals surface area (Å²) >= 11 is 6.28. The lowest BCUT2D eigenvalue weighted by Gasteiger charge is -2.20. The van der Waals surface area contributed by atoms with Crippen molar-refractivity contribution >= 4 is 23.4 Å². The summed E-state index contributed by atoms with van der Waals surface area (Å²) in [5.74, 6) is 3.18. The summed E-state index contributed by atoms with van der Waals surface area (Å²) in [7, 11) is 5.10. The van der Waals surface area contributed by atoms with Crippen molar-refractivity contribution < 1.29 is 9.47 Å². The predicted molar refractivity (Wildman–Crippen MR) is 122 cm³/mol. The van der Waals surface area contributed by atoms with E-state index >= 15 is 0 Å². The molecule has 1 saturated heterocycles. The summed E-state index contributed by atoms with van der Waals surface area (Å²) in [5.41, 5.74) is 1.22. The normalized spacial score (nSPS) is 16.5. The zero-order valence-electron chi connectivity index (χ0n) is 17.8. The lowest BCUT2D eigenvalue weighted by molar-refractivity contribution is 0.354. The Hall–Kier alpha value is -2.67. The van der Waals surface area contributed by atoms with Gasteiger partial charge in [-0.1, -0.05) is 17.7 Å². The Balaban J connectivity index is 1.43. The van der Waals surface area contributed by atoms with Crippen molar-refractivity contribution in [3.05, 3.63) is 47.1 Å². The molecule has 1 fully saturated rings. The zero-order valence-corrected chi connectivity index (χ0v) is 18.6. The number of nitrogens with zero attached hydrogens (tertiary/aromatic N) is 3. The van der Waals surface area contributed by atoms with E-state index in [1.807, 2.05) is 24.3 Å². The number of benzene rings is 1. The van der Waals surface area contributed by atoms with Crippen molar-refractivity contribution in [2.45, 2.75) is 25.3 Å². The van der Waals surface area contributed by atoms with Crippen LogP contribution in [0.3, 0.4) is 0 Å². The molecule has 2 heterocycles. The van der Waals surface area contributed by atoms with E-state index in [4.69, 9.17) is 21.1 Å². The predicted octanol–water partition coefficient (Wildman–Crippen LogP) is 3.13. The second-order valence-electron chi connectivity index (χ2n) is 7.18. The number of guanidine groups is 1. The van der Waals surface area contributed by atoms with Crippen LogP contribution in [0.1, 0.15) is 18.4 Å². The summed E-state index contributed by atoms with van der Waals surface area (Å²) in [6.07, 6.45) is 4.72. The molecule has 0 radical (unpaired) electrons. The van der Waals surface area contributed by atoms with Crippen LogP contribution in [0.15, 0.2) is 41.5 Å². The van der Waals surface area contributed by atoms with Gasteiger partial charge in [-0.05, 0) is 49.1 Å². The zero-order chi connectivity index (χ0) is 21.3. The van der Waals surface area contributed by atoms with Crippen LogP contribution in [0.25, 0.3) is 0 Å². The second-order valence-corrected chi connectivity index (χ2v) is 7.58. The smallest absolute Gasteiger partial charge is 0.191 e. The first-order valence-electron chi connectivity index (χ1n) is 10.2. The fraction of sp³-hybridized carbons (Fsp3) is 0.455. The fourth-order valence-corrected chi connectivity index (χ4v) is 3.84. The number of rotatable bonds is 8. The molecule has 1 aromatic carbocycles. The first-order chi connectivity index (χ1) is 14.6. The molecule has 0 bridgehead atoms. The van der Waals surface area contributed by atoms with E-state index in [0.29, 0.717) is 11.1 Å². The summed E-state index contributed by atoms with van der Waals surface area (Å²) in [6, 6.07) is 10.1. The molecule has 1 atom stereocenters. The summed E-state index contributed by atoms with van der Waals surface area (Å²) < 4.78 is 10.7. The van der Waals surface area contributed by atoms with Crippen molar-refractivity contribution in [3.8, 4) is 11.5 Å². The molecule has 7 nitrogen and oxygen atoms in total. The number of methoxy groups -OCH3 is 2. The van der Waals surface area contributed by atoms with E-state index in [1.165, 1.54) is 5.56 Å². The number of aryl methyl sites for hydroxylation is 1. The molecule has 162 valence electrons. The average molecular weight is 432 g/mol. The van der Waals surface area contributed by atoms with Crippen LogP contribution in [-0.4, -0.2) is 57.9 Å². The van der Waals surface area contributed by atoms with Crippen LogP contribution in [0.5, 0.6) is 11.5 Å². The van der Waals surface area contributed by atoms with E-state index in [0.717, 1.165) is 62.2 Å². The first-order valence-corrected chi connectivity index (χ1v) is 10.6. The van der Waals surface area contributed by atoms with Crippen molar-refractivity contribution in [1.29, 1.82) is 0 Å². The largest absolute Gasteiger partial charge is 0.493 e. The SMILES string of the molecule is CN=C(NCCCc1ccc(OC)c(OC)c1)NC1CCN(c2ncccc2Cl)C1. The van der Waals surface area contributed by atoms with Gasteiger partial charge < -0.3 is 25.0 Å². The lowest BCUT2D eigenvalue weighted by Crippen LogP contribution is -2.45. The molecule has 1 aliphatic rings. The quantitative estimate of drug-likeness (QED) is 0.380. The molecule has 30 heavy (non-hydrogen) atoms. The highest BCUT2D eigenvalue weighted by Crippen LogP contribution is 2.28. The maximum absolute atomic E-state index is 6.28. The number of hydrogen-bond donors (Lipinski definition) is 2. The van der Waals surface area contributed by atoms with Crippen LogP contribution in [0.4, 0.5) is 5.82 Å². The molecular formula is C22H30ClN5O2. The van der Waals surface area contributed by atoms with Crippen LogP contribution in [0, 0.1) is 0 Å².